The van der Waals surface area contributed by atoms with Gasteiger partial charge in [-0.05, 0) is 12.1 Å². The predicted octanol–water partition coefficient (Wildman–Crippen LogP) is 0.604. The summed E-state index contributed by atoms with van der Waals surface area (Å²) in [5, 5.41) is 9.40. The van der Waals surface area contributed by atoms with Gasteiger partial charge in [-0.1, -0.05) is 12.1 Å². The van der Waals surface area contributed by atoms with E-state index < -0.39 is 0 Å². The second kappa shape index (κ2) is 7.77. The second-order valence-corrected chi connectivity index (χ2v) is 5.99. The quantitative estimate of drug-likeness (QED) is 0.884. The number of morpholine rings is 1. The number of aliphatic hydroxyl groups excluding tert-OH is 1. The minimum atomic E-state index is -0.0167. The first kappa shape index (κ1) is 16.2. The van der Waals surface area contributed by atoms with Gasteiger partial charge in [0.25, 0.3) is 5.91 Å². The van der Waals surface area contributed by atoms with Crippen molar-refractivity contribution >= 4 is 11.6 Å². The lowest BCUT2D eigenvalue weighted by Gasteiger charge is -2.31. The Balaban J connectivity index is 1.81. The lowest BCUT2D eigenvalue weighted by molar-refractivity contribution is 0.0727. The third-order valence-electron chi connectivity index (χ3n) is 4.37. The third kappa shape index (κ3) is 3.83. The average Bonchev–Trinajstić information content (AvgIpc) is 2.87. The number of nitrogens with zero attached hydrogens (tertiary/aromatic N) is 2. The molecule has 1 aromatic rings. The minimum absolute atomic E-state index is 0.0102. The molecule has 1 amide bonds. The standard InChI is InChI=1S/C17H24N2O4/c20-12-14-11-19(7-10-23-13-14)17(21)15-3-1-2-4-16(15)18-5-8-22-9-6-18/h1-4,14,20H,5-13H2/t14-/m0/s1. The fourth-order valence-electron chi connectivity index (χ4n) is 3.08. The lowest BCUT2D eigenvalue weighted by Crippen LogP contribution is -2.40. The number of para-hydroxylation sites is 1. The molecule has 0 bridgehead atoms. The van der Waals surface area contributed by atoms with Crippen molar-refractivity contribution in [2.24, 2.45) is 5.92 Å². The molecule has 6 heteroatoms. The molecular weight excluding hydrogens is 296 g/mol. The van der Waals surface area contributed by atoms with Gasteiger partial charge in [-0.25, -0.2) is 0 Å². The number of amides is 1. The van der Waals surface area contributed by atoms with Crippen LogP contribution in [0.15, 0.2) is 24.3 Å². The Morgan fingerprint density at radius 3 is 2.65 bits per heavy atom. The summed E-state index contributed by atoms with van der Waals surface area (Å²) >= 11 is 0. The summed E-state index contributed by atoms with van der Waals surface area (Å²) in [6.45, 7) is 5.13. The van der Waals surface area contributed by atoms with Crippen LogP contribution in [0.4, 0.5) is 5.69 Å². The van der Waals surface area contributed by atoms with E-state index in [0.29, 0.717) is 45.1 Å². The van der Waals surface area contributed by atoms with E-state index in [9.17, 15) is 9.90 Å². The zero-order chi connectivity index (χ0) is 16.1. The van der Waals surface area contributed by atoms with E-state index in [4.69, 9.17) is 9.47 Å². The van der Waals surface area contributed by atoms with Crippen molar-refractivity contribution in [1.82, 2.24) is 4.90 Å². The van der Waals surface area contributed by atoms with Crippen LogP contribution in [-0.4, -0.2) is 75.1 Å². The molecule has 0 aliphatic carbocycles. The smallest absolute Gasteiger partial charge is 0.256 e. The van der Waals surface area contributed by atoms with E-state index in [0.717, 1.165) is 18.8 Å². The van der Waals surface area contributed by atoms with Gasteiger partial charge in [0.05, 0.1) is 32.0 Å². The Hall–Kier alpha value is -1.63. The van der Waals surface area contributed by atoms with Crippen LogP contribution in [0.5, 0.6) is 0 Å². The Morgan fingerprint density at radius 1 is 1.13 bits per heavy atom. The van der Waals surface area contributed by atoms with Gasteiger partial charge in [0.15, 0.2) is 0 Å². The van der Waals surface area contributed by atoms with Crippen LogP contribution >= 0.6 is 0 Å². The molecule has 23 heavy (non-hydrogen) atoms. The highest BCUT2D eigenvalue weighted by molar-refractivity contribution is 5.99. The first-order chi connectivity index (χ1) is 11.3. The van der Waals surface area contributed by atoms with E-state index in [1.807, 2.05) is 24.3 Å². The molecule has 126 valence electrons. The van der Waals surface area contributed by atoms with Gasteiger partial charge in [0.1, 0.15) is 0 Å². The van der Waals surface area contributed by atoms with Crippen LogP contribution in [0.3, 0.4) is 0 Å². The van der Waals surface area contributed by atoms with Crippen LogP contribution in [0.25, 0.3) is 0 Å². The van der Waals surface area contributed by atoms with Crippen molar-refractivity contribution < 1.29 is 19.4 Å². The first-order valence-electron chi connectivity index (χ1n) is 8.19. The van der Waals surface area contributed by atoms with E-state index in [2.05, 4.69) is 4.90 Å². The molecule has 0 spiro atoms. The molecule has 6 nitrogen and oxygen atoms in total. The SMILES string of the molecule is O=C(c1ccccc1N1CCOCC1)N1CCOC[C@H](CO)C1. The maximum atomic E-state index is 13.0. The Labute approximate surface area is 136 Å². The zero-order valence-corrected chi connectivity index (χ0v) is 13.3. The van der Waals surface area contributed by atoms with E-state index in [1.54, 1.807) is 4.90 Å². The predicted molar refractivity (Wildman–Crippen MR) is 86.8 cm³/mol. The fourth-order valence-corrected chi connectivity index (χ4v) is 3.08. The van der Waals surface area contributed by atoms with Crippen molar-refractivity contribution in [1.29, 1.82) is 0 Å². The summed E-state index contributed by atoms with van der Waals surface area (Å²) in [5.74, 6) is -0.00644. The molecule has 2 aliphatic heterocycles. The van der Waals surface area contributed by atoms with Gasteiger partial charge in [0.2, 0.25) is 0 Å². The maximum absolute atomic E-state index is 13.0. The molecule has 0 aromatic heterocycles. The molecule has 3 rings (SSSR count). The Bertz CT molecular complexity index is 531. The maximum Gasteiger partial charge on any atom is 0.256 e. The minimum Gasteiger partial charge on any atom is -0.396 e. The van der Waals surface area contributed by atoms with Crippen LogP contribution in [0, 0.1) is 5.92 Å². The monoisotopic (exact) mass is 320 g/mol. The Morgan fingerprint density at radius 2 is 1.87 bits per heavy atom. The highest BCUT2D eigenvalue weighted by atomic mass is 16.5. The van der Waals surface area contributed by atoms with Gasteiger partial charge in [-0.2, -0.15) is 0 Å². The molecule has 2 fully saturated rings. The molecule has 0 unspecified atom stereocenters. The molecule has 1 aromatic carbocycles. The van der Waals surface area contributed by atoms with Gasteiger partial charge >= 0.3 is 0 Å². The Kier molecular flexibility index (Phi) is 5.48. The summed E-state index contributed by atoms with van der Waals surface area (Å²) in [7, 11) is 0. The van der Waals surface area contributed by atoms with Gasteiger partial charge in [0, 0.05) is 44.4 Å². The summed E-state index contributed by atoms with van der Waals surface area (Å²) in [6, 6.07) is 7.74. The average molecular weight is 320 g/mol. The number of carbonyl (C=O) groups is 1. The summed E-state index contributed by atoms with van der Waals surface area (Å²) in [4.78, 5) is 17.0. The van der Waals surface area contributed by atoms with Crippen molar-refractivity contribution in [3.63, 3.8) is 0 Å². The number of hydrogen-bond acceptors (Lipinski definition) is 5. The number of ether oxygens (including phenoxy) is 2. The summed E-state index contributed by atoms with van der Waals surface area (Å²) < 4.78 is 10.9. The van der Waals surface area contributed by atoms with E-state index in [-0.39, 0.29) is 18.4 Å². The fraction of sp³-hybridized carbons (Fsp3) is 0.588. The third-order valence-corrected chi connectivity index (χ3v) is 4.37. The number of anilines is 1. The molecule has 2 heterocycles. The number of hydrogen-bond donors (Lipinski definition) is 1. The van der Waals surface area contributed by atoms with Crippen LogP contribution < -0.4 is 4.90 Å². The van der Waals surface area contributed by atoms with Crippen LogP contribution in [0.1, 0.15) is 10.4 Å². The van der Waals surface area contributed by atoms with Crippen molar-refractivity contribution in [3.05, 3.63) is 29.8 Å². The normalized spacial score (nSPS) is 22.7. The molecule has 0 radical (unpaired) electrons. The van der Waals surface area contributed by atoms with Crippen molar-refractivity contribution in [2.45, 2.75) is 0 Å². The van der Waals surface area contributed by atoms with E-state index in [1.165, 1.54) is 0 Å². The van der Waals surface area contributed by atoms with Gasteiger partial charge < -0.3 is 24.4 Å². The number of aliphatic hydroxyl groups is 1. The highest BCUT2D eigenvalue weighted by Crippen LogP contribution is 2.23. The molecule has 2 aliphatic rings. The number of benzene rings is 1. The number of rotatable bonds is 3. The molecule has 0 saturated carbocycles. The molecule has 1 N–H and O–H groups in total. The van der Waals surface area contributed by atoms with Gasteiger partial charge in [-0.15, -0.1) is 0 Å². The van der Waals surface area contributed by atoms with Crippen molar-refractivity contribution in [3.8, 4) is 0 Å². The summed E-state index contributed by atoms with van der Waals surface area (Å²) in [6.07, 6.45) is 0. The molecular formula is C17H24N2O4. The van der Waals surface area contributed by atoms with Crippen molar-refractivity contribution in [2.75, 3.05) is 64.1 Å². The summed E-state index contributed by atoms with van der Waals surface area (Å²) in [5.41, 5.74) is 1.68. The molecule has 2 saturated heterocycles. The van der Waals surface area contributed by atoms with Gasteiger partial charge in [-0.3, -0.25) is 4.79 Å². The largest absolute Gasteiger partial charge is 0.396 e. The second-order valence-electron chi connectivity index (χ2n) is 5.99. The number of carbonyl (C=O) groups excluding carboxylic acids is 1. The van der Waals surface area contributed by atoms with E-state index >= 15 is 0 Å². The lowest BCUT2D eigenvalue weighted by atomic mass is 10.1. The molecule has 1 atom stereocenters. The van der Waals surface area contributed by atoms with Crippen LogP contribution in [-0.2, 0) is 9.47 Å². The first-order valence-corrected chi connectivity index (χ1v) is 8.19. The topological polar surface area (TPSA) is 62.2 Å². The zero-order valence-electron chi connectivity index (χ0n) is 13.3. The highest BCUT2D eigenvalue weighted by Gasteiger charge is 2.26. The van der Waals surface area contributed by atoms with Crippen LogP contribution in [0.2, 0.25) is 0 Å².